The van der Waals surface area contributed by atoms with E-state index >= 15 is 0 Å². The van der Waals surface area contributed by atoms with Crippen molar-refractivity contribution >= 4 is 21.8 Å². The monoisotopic (exact) mass is 413 g/mol. The molecule has 1 N–H and O–H groups in total. The van der Waals surface area contributed by atoms with Crippen LogP contribution in [0.3, 0.4) is 0 Å². The Labute approximate surface area is 185 Å². The average Bonchev–Trinajstić information content (AvgIpc) is 3.19. The second kappa shape index (κ2) is 7.36. The van der Waals surface area contributed by atoms with E-state index in [-0.39, 0.29) is 5.75 Å². The lowest BCUT2D eigenvalue weighted by molar-refractivity contribution is 0.475. The molecule has 0 bridgehead atoms. The minimum atomic E-state index is 0.176. The number of para-hydroxylation sites is 1. The first-order valence-electron chi connectivity index (χ1n) is 10.5. The molecular formula is C28H19N3O. The quantitative estimate of drug-likeness (QED) is 0.355. The number of rotatable bonds is 3. The molecule has 152 valence electrons. The van der Waals surface area contributed by atoms with Crippen LogP contribution in [-0.2, 0) is 0 Å². The fourth-order valence-corrected chi connectivity index (χ4v) is 4.35. The summed E-state index contributed by atoms with van der Waals surface area (Å²) in [5.41, 5.74) is 5.85. The van der Waals surface area contributed by atoms with E-state index < -0.39 is 0 Å². The van der Waals surface area contributed by atoms with Crippen LogP contribution in [0.4, 0.5) is 0 Å². The second-order valence-electron chi connectivity index (χ2n) is 7.72. The number of benzene rings is 3. The Hall–Kier alpha value is -4.44. The third-order valence-corrected chi connectivity index (χ3v) is 5.81. The smallest absolute Gasteiger partial charge is 0.141 e. The lowest BCUT2D eigenvalue weighted by atomic mass is 10.00. The third kappa shape index (κ3) is 2.93. The van der Waals surface area contributed by atoms with Crippen molar-refractivity contribution in [3.63, 3.8) is 0 Å². The summed E-state index contributed by atoms with van der Waals surface area (Å²) < 4.78 is 2.21. The van der Waals surface area contributed by atoms with Crippen molar-refractivity contribution in [3.8, 4) is 34.0 Å². The van der Waals surface area contributed by atoms with Crippen LogP contribution in [-0.4, -0.2) is 19.6 Å². The maximum atomic E-state index is 10.2. The van der Waals surface area contributed by atoms with Crippen LogP contribution < -0.4 is 0 Å². The number of aromatic nitrogens is 3. The van der Waals surface area contributed by atoms with Crippen LogP contribution in [0.1, 0.15) is 0 Å². The van der Waals surface area contributed by atoms with Crippen LogP contribution in [0.15, 0.2) is 109 Å². The minimum Gasteiger partial charge on any atom is -0.506 e. The number of fused-ring (bicyclic) bond motifs is 3. The number of nitrogens with zero attached hydrogens (tertiary/aromatic N) is 3. The molecule has 0 spiro atoms. The van der Waals surface area contributed by atoms with Gasteiger partial charge < -0.3 is 5.11 Å². The lowest BCUT2D eigenvalue weighted by Crippen LogP contribution is -1.96. The van der Waals surface area contributed by atoms with E-state index in [0.29, 0.717) is 5.69 Å². The van der Waals surface area contributed by atoms with E-state index in [9.17, 15) is 5.11 Å². The van der Waals surface area contributed by atoms with Gasteiger partial charge in [-0.1, -0.05) is 54.6 Å². The Morgan fingerprint density at radius 3 is 2.22 bits per heavy atom. The maximum absolute atomic E-state index is 10.2. The molecule has 4 heteroatoms. The van der Waals surface area contributed by atoms with Gasteiger partial charge in [-0.25, -0.2) is 4.98 Å². The standard InChI is InChI=1S/C28H19N3O/c32-26-11-6-16-30-28(26)21-8-5-7-19(17-21)20-13-14-23-22-9-1-2-10-24(22)31(25(23)18-20)27-12-3-4-15-29-27/h1-18,32H. The summed E-state index contributed by atoms with van der Waals surface area (Å²) in [7, 11) is 0. The average molecular weight is 413 g/mol. The molecule has 3 aromatic carbocycles. The summed E-state index contributed by atoms with van der Waals surface area (Å²) >= 11 is 0. The lowest BCUT2D eigenvalue weighted by Gasteiger charge is -2.09. The van der Waals surface area contributed by atoms with Gasteiger partial charge in [-0.3, -0.25) is 9.55 Å². The maximum Gasteiger partial charge on any atom is 0.141 e. The summed E-state index contributed by atoms with van der Waals surface area (Å²) in [6.45, 7) is 0. The molecule has 32 heavy (non-hydrogen) atoms. The van der Waals surface area contributed by atoms with Gasteiger partial charge in [-0.2, -0.15) is 0 Å². The summed E-state index contributed by atoms with van der Waals surface area (Å²) in [4.78, 5) is 8.97. The largest absolute Gasteiger partial charge is 0.506 e. The van der Waals surface area contributed by atoms with Crippen molar-refractivity contribution < 1.29 is 5.11 Å². The predicted molar refractivity (Wildman–Crippen MR) is 129 cm³/mol. The number of pyridine rings is 2. The van der Waals surface area contributed by atoms with Crippen molar-refractivity contribution in [3.05, 3.63) is 109 Å². The first-order chi connectivity index (χ1) is 15.8. The number of hydrogen-bond donors (Lipinski definition) is 1. The molecule has 6 rings (SSSR count). The van der Waals surface area contributed by atoms with Gasteiger partial charge in [0.25, 0.3) is 0 Å². The summed E-state index contributed by atoms with van der Waals surface area (Å²) in [5.74, 6) is 1.07. The topological polar surface area (TPSA) is 50.9 Å². The predicted octanol–water partition coefficient (Wildman–Crippen LogP) is 6.61. The van der Waals surface area contributed by atoms with E-state index in [0.717, 1.165) is 33.5 Å². The zero-order chi connectivity index (χ0) is 21.5. The van der Waals surface area contributed by atoms with Crippen LogP contribution in [0.25, 0.3) is 50.0 Å². The molecule has 3 heterocycles. The molecule has 0 aliphatic carbocycles. The Kier molecular flexibility index (Phi) is 4.22. The normalized spacial score (nSPS) is 11.2. The molecule has 4 nitrogen and oxygen atoms in total. The van der Waals surface area contributed by atoms with Gasteiger partial charge in [-0.05, 0) is 53.6 Å². The Bertz CT molecular complexity index is 1590. The van der Waals surface area contributed by atoms with Crippen LogP contribution in [0.2, 0.25) is 0 Å². The highest BCUT2D eigenvalue weighted by atomic mass is 16.3. The Balaban J connectivity index is 1.58. The summed E-state index contributed by atoms with van der Waals surface area (Å²) in [6.07, 6.45) is 3.52. The molecule has 6 aromatic rings. The molecule has 0 saturated carbocycles. The van der Waals surface area contributed by atoms with Gasteiger partial charge in [0.15, 0.2) is 0 Å². The van der Waals surface area contributed by atoms with E-state index in [1.54, 1.807) is 18.3 Å². The van der Waals surface area contributed by atoms with E-state index in [1.807, 2.05) is 36.5 Å². The Morgan fingerprint density at radius 1 is 0.562 bits per heavy atom. The molecule has 0 fully saturated rings. The minimum absolute atomic E-state index is 0.176. The van der Waals surface area contributed by atoms with Crippen molar-refractivity contribution in [1.29, 1.82) is 0 Å². The SMILES string of the molecule is Oc1cccnc1-c1cccc(-c2ccc3c4ccccc4n(-c4ccccn4)c3c2)c1. The molecule has 0 amide bonds. The summed E-state index contributed by atoms with van der Waals surface area (Å²) in [5, 5.41) is 12.6. The highest BCUT2D eigenvalue weighted by Gasteiger charge is 2.14. The molecular weight excluding hydrogens is 394 g/mol. The zero-order valence-corrected chi connectivity index (χ0v) is 17.2. The van der Waals surface area contributed by atoms with E-state index in [2.05, 4.69) is 69.1 Å². The van der Waals surface area contributed by atoms with E-state index in [4.69, 9.17) is 0 Å². The highest BCUT2D eigenvalue weighted by molar-refractivity contribution is 6.10. The van der Waals surface area contributed by atoms with Crippen LogP contribution in [0, 0.1) is 0 Å². The van der Waals surface area contributed by atoms with Gasteiger partial charge in [0.05, 0.1) is 11.0 Å². The molecule has 0 aliphatic rings. The van der Waals surface area contributed by atoms with Gasteiger partial charge in [0, 0.05) is 28.7 Å². The van der Waals surface area contributed by atoms with Gasteiger partial charge in [0.1, 0.15) is 17.3 Å². The fourth-order valence-electron chi connectivity index (χ4n) is 4.35. The van der Waals surface area contributed by atoms with Crippen molar-refractivity contribution in [1.82, 2.24) is 14.5 Å². The first kappa shape index (κ1) is 18.3. The zero-order valence-electron chi connectivity index (χ0n) is 17.2. The summed E-state index contributed by atoms with van der Waals surface area (Å²) in [6, 6.07) is 32.4. The van der Waals surface area contributed by atoms with Gasteiger partial charge in [-0.15, -0.1) is 0 Å². The second-order valence-corrected chi connectivity index (χ2v) is 7.72. The van der Waals surface area contributed by atoms with Gasteiger partial charge in [0.2, 0.25) is 0 Å². The molecule has 0 saturated heterocycles. The number of hydrogen-bond acceptors (Lipinski definition) is 3. The number of aromatic hydroxyl groups is 1. The molecule has 0 atom stereocenters. The molecule has 0 radical (unpaired) electrons. The highest BCUT2D eigenvalue weighted by Crippen LogP contribution is 2.35. The van der Waals surface area contributed by atoms with E-state index in [1.165, 1.54) is 10.8 Å². The Morgan fingerprint density at radius 2 is 1.34 bits per heavy atom. The third-order valence-electron chi connectivity index (χ3n) is 5.81. The van der Waals surface area contributed by atoms with Crippen LogP contribution in [0.5, 0.6) is 5.75 Å². The molecule has 3 aromatic heterocycles. The van der Waals surface area contributed by atoms with Gasteiger partial charge >= 0.3 is 0 Å². The van der Waals surface area contributed by atoms with Crippen molar-refractivity contribution in [2.24, 2.45) is 0 Å². The van der Waals surface area contributed by atoms with Crippen LogP contribution >= 0.6 is 0 Å². The fraction of sp³-hybridized carbons (Fsp3) is 0. The first-order valence-corrected chi connectivity index (χ1v) is 10.5. The van der Waals surface area contributed by atoms with Crippen molar-refractivity contribution in [2.45, 2.75) is 0 Å². The molecule has 0 aliphatic heterocycles. The molecule has 0 unspecified atom stereocenters. The van der Waals surface area contributed by atoms with Crippen molar-refractivity contribution in [2.75, 3.05) is 0 Å².